The standard InChI is InChI=1S/C24H26BrN3O2/c1-27-16-26-24-22(27)12-19(25)13-23(24)28(14-17-4-8-20(29-2)9-5-17)15-18-6-10-21(30-3)11-7-18/h4-12,16,23H,13-15H2,1-3H3. The molecule has 0 saturated heterocycles. The molecule has 0 amide bonds. The van der Waals surface area contributed by atoms with Crippen LogP contribution >= 0.6 is 15.9 Å². The molecule has 0 fully saturated rings. The number of ether oxygens (including phenoxy) is 2. The Morgan fingerprint density at radius 2 is 1.50 bits per heavy atom. The van der Waals surface area contributed by atoms with Gasteiger partial charge in [0.1, 0.15) is 11.5 Å². The summed E-state index contributed by atoms with van der Waals surface area (Å²) in [6.45, 7) is 1.63. The zero-order chi connectivity index (χ0) is 21.1. The number of halogens is 1. The Labute approximate surface area is 186 Å². The summed E-state index contributed by atoms with van der Waals surface area (Å²) in [6.07, 6.45) is 4.98. The normalized spacial score (nSPS) is 15.6. The highest BCUT2D eigenvalue weighted by molar-refractivity contribution is 9.11. The highest BCUT2D eigenvalue weighted by Crippen LogP contribution is 2.39. The zero-order valence-electron chi connectivity index (χ0n) is 17.5. The van der Waals surface area contributed by atoms with Crippen LogP contribution in [-0.2, 0) is 20.1 Å². The van der Waals surface area contributed by atoms with Crippen molar-refractivity contribution in [1.29, 1.82) is 0 Å². The van der Waals surface area contributed by atoms with Gasteiger partial charge < -0.3 is 14.0 Å². The van der Waals surface area contributed by atoms with Gasteiger partial charge in [0, 0.05) is 26.6 Å². The van der Waals surface area contributed by atoms with E-state index in [0.29, 0.717) is 0 Å². The molecule has 0 bridgehead atoms. The van der Waals surface area contributed by atoms with E-state index in [4.69, 9.17) is 14.5 Å². The fourth-order valence-electron chi connectivity index (χ4n) is 3.89. The van der Waals surface area contributed by atoms with Crippen molar-refractivity contribution in [3.63, 3.8) is 0 Å². The molecule has 1 atom stereocenters. The second kappa shape index (κ2) is 9.06. The van der Waals surface area contributed by atoms with Gasteiger partial charge in [-0.15, -0.1) is 0 Å². The molecule has 0 N–H and O–H groups in total. The molecular formula is C24H26BrN3O2. The summed E-state index contributed by atoms with van der Waals surface area (Å²) in [7, 11) is 5.43. The third-order valence-corrected chi connectivity index (χ3v) is 6.09. The molecule has 2 aromatic carbocycles. The lowest BCUT2D eigenvalue weighted by molar-refractivity contribution is 0.174. The Bertz CT molecular complexity index is 976. The van der Waals surface area contributed by atoms with E-state index in [1.54, 1.807) is 14.2 Å². The number of nitrogens with zero attached hydrogens (tertiary/aromatic N) is 3. The molecule has 5 nitrogen and oxygen atoms in total. The Balaban J connectivity index is 1.66. The van der Waals surface area contributed by atoms with Crippen molar-refractivity contribution in [2.45, 2.75) is 25.6 Å². The summed E-state index contributed by atoms with van der Waals surface area (Å²) in [4.78, 5) is 7.24. The smallest absolute Gasteiger partial charge is 0.118 e. The molecular weight excluding hydrogens is 442 g/mol. The van der Waals surface area contributed by atoms with Crippen molar-refractivity contribution < 1.29 is 9.47 Å². The highest BCUT2D eigenvalue weighted by Gasteiger charge is 2.29. The van der Waals surface area contributed by atoms with Gasteiger partial charge in [-0.05, 0) is 46.0 Å². The van der Waals surface area contributed by atoms with Gasteiger partial charge >= 0.3 is 0 Å². The Morgan fingerprint density at radius 3 is 2.00 bits per heavy atom. The van der Waals surface area contributed by atoms with E-state index in [2.05, 4.69) is 55.7 Å². The number of fused-ring (bicyclic) bond motifs is 1. The molecule has 0 radical (unpaired) electrons. The molecule has 1 heterocycles. The third-order valence-electron chi connectivity index (χ3n) is 5.54. The van der Waals surface area contributed by atoms with Crippen molar-refractivity contribution in [3.05, 3.63) is 81.9 Å². The Hall–Kier alpha value is -2.57. The van der Waals surface area contributed by atoms with E-state index in [9.17, 15) is 0 Å². The van der Waals surface area contributed by atoms with Crippen LogP contribution in [-0.4, -0.2) is 28.7 Å². The number of imidazole rings is 1. The predicted octanol–water partition coefficient (Wildman–Crippen LogP) is 5.32. The first-order chi connectivity index (χ1) is 14.6. The van der Waals surface area contributed by atoms with Crippen molar-refractivity contribution >= 4 is 22.0 Å². The predicted molar refractivity (Wildman–Crippen MR) is 123 cm³/mol. The van der Waals surface area contributed by atoms with E-state index in [1.807, 2.05) is 37.6 Å². The van der Waals surface area contributed by atoms with Gasteiger partial charge in [0.25, 0.3) is 0 Å². The van der Waals surface area contributed by atoms with Crippen LogP contribution in [0, 0.1) is 0 Å². The lowest BCUT2D eigenvalue weighted by Gasteiger charge is -2.33. The number of aryl methyl sites for hydroxylation is 1. The summed E-state index contributed by atoms with van der Waals surface area (Å²) in [5.74, 6) is 1.74. The monoisotopic (exact) mass is 467 g/mol. The molecule has 0 saturated carbocycles. The molecule has 156 valence electrons. The summed E-state index contributed by atoms with van der Waals surface area (Å²) < 4.78 is 13.9. The molecule has 1 unspecified atom stereocenters. The largest absolute Gasteiger partial charge is 0.497 e. The molecule has 6 heteroatoms. The lowest BCUT2D eigenvalue weighted by Crippen LogP contribution is -2.30. The van der Waals surface area contributed by atoms with Crippen LogP contribution in [0.2, 0.25) is 0 Å². The van der Waals surface area contributed by atoms with Crippen molar-refractivity contribution in [3.8, 4) is 11.5 Å². The maximum atomic E-state index is 5.32. The van der Waals surface area contributed by atoms with Gasteiger partial charge in [-0.3, -0.25) is 4.90 Å². The highest BCUT2D eigenvalue weighted by atomic mass is 79.9. The van der Waals surface area contributed by atoms with Crippen molar-refractivity contribution in [2.24, 2.45) is 7.05 Å². The van der Waals surface area contributed by atoms with Gasteiger partial charge in [-0.25, -0.2) is 4.98 Å². The van der Waals surface area contributed by atoms with E-state index < -0.39 is 0 Å². The Morgan fingerprint density at radius 1 is 0.967 bits per heavy atom. The van der Waals surface area contributed by atoms with Crippen LogP contribution in [0.1, 0.15) is 35.0 Å². The molecule has 0 spiro atoms. The minimum Gasteiger partial charge on any atom is -0.497 e. The number of rotatable bonds is 7. The van der Waals surface area contributed by atoms with E-state index >= 15 is 0 Å². The lowest BCUT2D eigenvalue weighted by atomic mass is 9.99. The number of aromatic nitrogens is 2. The molecule has 3 aromatic rings. The fraction of sp³-hybridized carbons (Fsp3) is 0.292. The number of methoxy groups -OCH3 is 2. The molecule has 1 aromatic heterocycles. The van der Waals surface area contributed by atoms with Gasteiger partial charge in [-0.1, -0.05) is 40.2 Å². The molecule has 1 aliphatic carbocycles. The number of hydrogen-bond acceptors (Lipinski definition) is 4. The molecule has 0 aliphatic heterocycles. The molecule has 4 rings (SSSR count). The average molecular weight is 468 g/mol. The fourth-order valence-corrected chi connectivity index (χ4v) is 4.41. The maximum Gasteiger partial charge on any atom is 0.118 e. The van der Waals surface area contributed by atoms with Gasteiger partial charge in [0.15, 0.2) is 0 Å². The maximum absolute atomic E-state index is 5.32. The minimum absolute atomic E-state index is 0.185. The zero-order valence-corrected chi connectivity index (χ0v) is 19.1. The number of benzene rings is 2. The van der Waals surface area contributed by atoms with Gasteiger partial charge in [-0.2, -0.15) is 0 Å². The number of hydrogen-bond donors (Lipinski definition) is 0. The Kier molecular flexibility index (Phi) is 6.25. The SMILES string of the molecule is COc1ccc(CN(Cc2ccc(OC)cc2)C2CC(Br)=Cc3c2ncn3C)cc1. The second-order valence-corrected chi connectivity index (χ2v) is 8.56. The van der Waals surface area contributed by atoms with Gasteiger partial charge in [0.2, 0.25) is 0 Å². The topological polar surface area (TPSA) is 39.5 Å². The first-order valence-electron chi connectivity index (χ1n) is 9.94. The van der Waals surface area contributed by atoms with Crippen molar-refractivity contribution in [2.75, 3.05) is 14.2 Å². The minimum atomic E-state index is 0.185. The van der Waals surface area contributed by atoms with Crippen LogP contribution < -0.4 is 9.47 Å². The molecule has 30 heavy (non-hydrogen) atoms. The summed E-state index contributed by atoms with van der Waals surface area (Å²) in [6, 6.07) is 16.8. The van der Waals surface area contributed by atoms with Crippen LogP contribution in [0.5, 0.6) is 11.5 Å². The average Bonchev–Trinajstić information content (AvgIpc) is 3.14. The summed E-state index contributed by atoms with van der Waals surface area (Å²) in [5.41, 5.74) is 4.77. The second-order valence-electron chi connectivity index (χ2n) is 7.54. The molecule has 1 aliphatic rings. The summed E-state index contributed by atoms with van der Waals surface area (Å²) >= 11 is 3.75. The van der Waals surface area contributed by atoms with Crippen LogP contribution in [0.3, 0.4) is 0 Å². The summed E-state index contributed by atoms with van der Waals surface area (Å²) in [5, 5.41) is 0. The first kappa shape index (κ1) is 20.7. The van der Waals surface area contributed by atoms with Crippen molar-refractivity contribution in [1.82, 2.24) is 14.5 Å². The van der Waals surface area contributed by atoms with E-state index in [1.165, 1.54) is 15.6 Å². The van der Waals surface area contributed by atoms with Gasteiger partial charge in [0.05, 0.1) is 38.0 Å². The third kappa shape index (κ3) is 4.45. The van der Waals surface area contributed by atoms with E-state index in [-0.39, 0.29) is 6.04 Å². The van der Waals surface area contributed by atoms with Crippen LogP contribution in [0.4, 0.5) is 0 Å². The quantitative estimate of drug-likeness (QED) is 0.471. The van der Waals surface area contributed by atoms with Crippen LogP contribution in [0.25, 0.3) is 6.08 Å². The first-order valence-corrected chi connectivity index (χ1v) is 10.7. The van der Waals surface area contributed by atoms with E-state index in [0.717, 1.165) is 42.4 Å². The van der Waals surface area contributed by atoms with Crippen LogP contribution in [0.15, 0.2) is 59.3 Å².